The Labute approximate surface area is 420 Å². The van der Waals surface area contributed by atoms with Crippen molar-refractivity contribution >= 4 is 11.9 Å². The maximum absolute atomic E-state index is 10.4. The molecule has 4 nitrogen and oxygen atoms in total. The van der Waals surface area contributed by atoms with E-state index in [1.807, 2.05) is 0 Å². The number of unbranched alkanes of at least 4 members (excludes halogenated alkanes) is 56. The highest BCUT2D eigenvalue weighted by molar-refractivity contribution is 5.79. The SMILES string of the molecule is O=C(O)C=CCCCCCCCCCCCCCCCCCCCCCCCCCCCCCCCCCCCCCCCCCCCCCCCCCCCCCCCCCC=CC(=O)O. The third kappa shape index (κ3) is 64.4. The van der Waals surface area contributed by atoms with Gasteiger partial charge in [0.05, 0.1) is 0 Å². The summed E-state index contributed by atoms with van der Waals surface area (Å²) >= 11 is 0. The fraction of sp³-hybridized carbons (Fsp3) is 0.905. The minimum Gasteiger partial charge on any atom is -0.478 e. The van der Waals surface area contributed by atoms with Gasteiger partial charge in [0, 0.05) is 12.2 Å². The molecule has 0 saturated heterocycles. The minimum absolute atomic E-state index is 0.828. The number of hydrogen-bond acceptors (Lipinski definition) is 2. The Kier molecular flexibility index (Phi) is 59.1. The van der Waals surface area contributed by atoms with E-state index >= 15 is 0 Å². The van der Waals surface area contributed by atoms with Crippen molar-refractivity contribution in [2.45, 2.75) is 366 Å². The lowest BCUT2D eigenvalue weighted by atomic mass is 10.0. The van der Waals surface area contributed by atoms with Gasteiger partial charge in [-0.25, -0.2) is 9.59 Å². The molecule has 0 aliphatic rings. The molecule has 0 atom stereocenters. The third-order valence-electron chi connectivity index (χ3n) is 14.8. The number of carbonyl (C=O) groups is 2. The van der Waals surface area contributed by atoms with Gasteiger partial charge in [-0.15, -0.1) is 0 Å². The standard InChI is InChI=1S/C63H120O4/c64-62(65)60-58-56-54-52-50-48-46-44-42-40-38-36-34-32-30-28-26-24-22-20-18-16-14-12-10-8-6-4-2-1-3-5-7-9-11-13-15-17-19-21-23-25-27-29-31-33-35-37-39-41-43-45-47-49-51-53-55-57-59-61-63(66)67/h58-61H,1-57H2,(H,64,65)(H,66,67). The zero-order valence-corrected chi connectivity index (χ0v) is 45.3. The summed E-state index contributed by atoms with van der Waals surface area (Å²) in [6.07, 6.45) is 86.4. The molecule has 0 aromatic rings. The first kappa shape index (κ1) is 65.4. The molecule has 0 spiro atoms. The van der Waals surface area contributed by atoms with Gasteiger partial charge in [-0.1, -0.05) is 352 Å². The fourth-order valence-corrected chi connectivity index (χ4v) is 10.3. The van der Waals surface area contributed by atoms with Gasteiger partial charge in [0.2, 0.25) is 0 Å². The highest BCUT2D eigenvalue weighted by atomic mass is 16.4. The number of carboxylic acids is 2. The van der Waals surface area contributed by atoms with Crippen LogP contribution >= 0.6 is 0 Å². The van der Waals surface area contributed by atoms with Crippen LogP contribution in [0.15, 0.2) is 24.3 Å². The molecule has 67 heavy (non-hydrogen) atoms. The van der Waals surface area contributed by atoms with E-state index in [1.54, 1.807) is 12.2 Å². The lowest BCUT2D eigenvalue weighted by Gasteiger charge is -2.05. The fourth-order valence-electron chi connectivity index (χ4n) is 10.3. The molecular weight excluding hydrogens is 821 g/mol. The van der Waals surface area contributed by atoms with Crippen LogP contribution in [0, 0.1) is 0 Å². The van der Waals surface area contributed by atoms with Crippen LogP contribution in [0.5, 0.6) is 0 Å². The molecule has 0 aliphatic carbocycles. The molecule has 0 aromatic carbocycles. The molecule has 0 radical (unpaired) electrons. The van der Waals surface area contributed by atoms with E-state index in [0.29, 0.717) is 0 Å². The highest BCUT2D eigenvalue weighted by Crippen LogP contribution is 2.19. The number of carboxylic acid groups (broad SMARTS) is 2. The average Bonchev–Trinajstić information content (AvgIpc) is 3.31. The van der Waals surface area contributed by atoms with Gasteiger partial charge >= 0.3 is 11.9 Å². The number of allylic oxidation sites excluding steroid dienone is 2. The van der Waals surface area contributed by atoms with Gasteiger partial charge in [-0.2, -0.15) is 0 Å². The largest absolute Gasteiger partial charge is 0.478 e. The summed E-state index contributed by atoms with van der Waals surface area (Å²) in [5.74, 6) is -1.66. The van der Waals surface area contributed by atoms with Crippen molar-refractivity contribution in [1.29, 1.82) is 0 Å². The molecule has 396 valence electrons. The van der Waals surface area contributed by atoms with E-state index in [9.17, 15) is 9.59 Å². The lowest BCUT2D eigenvalue weighted by molar-refractivity contribution is -0.132. The van der Waals surface area contributed by atoms with E-state index in [4.69, 9.17) is 10.2 Å². The maximum atomic E-state index is 10.4. The molecule has 0 heterocycles. The predicted molar refractivity (Wildman–Crippen MR) is 297 cm³/mol. The minimum atomic E-state index is -0.828. The Morgan fingerprint density at radius 2 is 0.269 bits per heavy atom. The van der Waals surface area contributed by atoms with E-state index in [2.05, 4.69) is 0 Å². The topological polar surface area (TPSA) is 74.6 Å². The Morgan fingerprint density at radius 3 is 0.358 bits per heavy atom. The molecule has 0 fully saturated rings. The molecule has 0 aromatic heterocycles. The highest BCUT2D eigenvalue weighted by Gasteiger charge is 2.00. The van der Waals surface area contributed by atoms with Gasteiger partial charge in [-0.05, 0) is 25.7 Å². The predicted octanol–water partition coefficient (Wildman–Crippen LogP) is 22.5. The number of rotatable bonds is 60. The Morgan fingerprint density at radius 1 is 0.179 bits per heavy atom. The summed E-state index contributed by atoms with van der Waals surface area (Å²) in [5, 5.41) is 17.2. The first-order valence-electron chi connectivity index (χ1n) is 30.9. The molecule has 0 rings (SSSR count). The monoisotopic (exact) mass is 941 g/mol. The summed E-state index contributed by atoms with van der Waals surface area (Å²) in [5.41, 5.74) is 0. The van der Waals surface area contributed by atoms with Gasteiger partial charge < -0.3 is 10.2 Å². The number of hydrogen-bond donors (Lipinski definition) is 2. The average molecular weight is 942 g/mol. The van der Waals surface area contributed by atoms with Crippen LogP contribution in [0.2, 0.25) is 0 Å². The maximum Gasteiger partial charge on any atom is 0.327 e. The van der Waals surface area contributed by atoms with Crippen LogP contribution < -0.4 is 0 Å². The van der Waals surface area contributed by atoms with Gasteiger partial charge in [0.25, 0.3) is 0 Å². The number of aliphatic carboxylic acids is 2. The van der Waals surface area contributed by atoms with Crippen LogP contribution in [-0.4, -0.2) is 22.2 Å². The first-order chi connectivity index (χ1) is 33.1. The molecule has 0 aliphatic heterocycles. The van der Waals surface area contributed by atoms with Crippen molar-refractivity contribution in [2.24, 2.45) is 0 Å². The molecule has 0 saturated carbocycles. The van der Waals surface area contributed by atoms with Gasteiger partial charge in [-0.3, -0.25) is 0 Å². The molecule has 0 unspecified atom stereocenters. The Bertz CT molecular complexity index is 924. The third-order valence-corrected chi connectivity index (χ3v) is 14.8. The molecule has 4 heteroatoms. The van der Waals surface area contributed by atoms with E-state index in [-0.39, 0.29) is 0 Å². The van der Waals surface area contributed by atoms with E-state index in [1.165, 1.54) is 352 Å². The van der Waals surface area contributed by atoms with Gasteiger partial charge in [0.1, 0.15) is 0 Å². The molecular formula is C63H120O4. The zero-order chi connectivity index (χ0) is 48.3. The second kappa shape index (κ2) is 60.5. The normalized spacial score (nSPS) is 11.8. The van der Waals surface area contributed by atoms with Crippen molar-refractivity contribution < 1.29 is 19.8 Å². The van der Waals surface area contributed by atoms with Crippen LogP contribution in [0.1, 0.15) is 366 Å². The van der Waals surface area contributed by atoms with E-state index in [0.717, 1.165) is 25.7 Å². The van der Waals surface area contributed by atoms with Crippen LogP contribution in [0.4, 0.5) is 0 Å². The smallest absolute Gasteiger partial charge is 0.327 e. The summed E-state index contributed by atoms with van der Waals surface area (Å²) in [7, 11) is 0. The van der Waals surface area contributed by atoms with Crippen molar-refractivity contribution in [2.75, 3.05) is 0 Å². The van der Waals surface area contributed by atoms with Crippen molar-refractivity contribution in [3.63, 3.8) is 0 Å². The van der Waals surface area contributed by atoms with Crippen LogP contribution in [-0.2, 0) is 9.59 Å². The van der Waals surface area contributed by atoms with Crippen molar-refractivity contribution in [3.8, 4) is 0 Å². The van der Waals surface area contributed by atoms with Crippen molar-refractivity contribution in [1.82, 2.24) is 0 Å². The van der Waals surface area contributed by atoms with Crippen LogP contribution in [0.3, 0.4) is 0 Å². The van der Waals surface area contributed by atoms with Crippen molar-refractivity contribution in [3.05, 3.63) is 24.3 Å². The summed E-state index contributed by atoms with van der Waals surface area (Å²) in [6, 6.07) is 0. The lowest BCUT2D eigenvalue weighted by Crippen LogP contribution is -1.86. The zero-order valence-electron chi connectivity index (χ0n) is 45.3. The summed E-state index contributed by atoms with van der Waals surface area (Å²) < 4.78 is 0. The quantitative estimate of drug-likeness (QED) is 0.0471. The summed E-state index contributed by atoms with van der Waals surface area (Å²) in [6.45, 7) is 0. The Balaban J connectivity index is 3.09. The van der Waals surface area contributed by atoms with Gasteiger partial charge in [0.15, 0.2) is 0 Å². The Hall–Kier alpha value is -1.58. The second-order valence-corrected chi connectivity index (χ2v) is 21.5. The summed E-state index contributed by atoms with van der Waals surface area (Å²) in [4.78, 5) is 20.9. The first-order valence-corrected chi connectivity index (χ1v) is 30.9. The molecule has 0 bridgehead atoms. The van der Waals surface area contributed by atoms with E-state index < -0.39 is 11.9 Å². The molecule has 0 amide bonds. The second-order valence-electron chi connectivity index (χ2n) is 21.5. The van der Waals surface area contributed by atoms with Crippen LogP contribution in [0.25, 0.3) is 0 Å². The molecule has 2 N–H and O–H groups in total.